The highest BCUT2D eigenvalue weighted by atomic mass is 16.3. The minimum Gasteiger partial charge on any atom is -0.389 e. The van der Waals surface area contributed by atoms with Crippen molar-refractivity contribution < 1.29 is 9.90 Å². The molecule has 1 heterocycles. The van der Waals surface area contributed by atoms with Crippen LogP contribution in [-0.2, 0) is 4.79 Å². The van der Waals surface area contributed by atoms with Gasteiger partial charge in [-0.2, -0.15) is 0 Å². The molecule has 0 fully saturated rings. The fourth-order valence-electron chi connectivity index (χ4n) is 4.73. The van der Waals surface area contributed by atoms with E-state index in [1.54, 1.807) is 0 Å². The van der Waals surface area contributed by atoms with Gasteiger partial charge in [0.25, 0.3) is 0 Å². The summed E-state index contributed by atoms with van der Waals surface area (Å²) < 4.78 is 0. The highest BCUT2D eigenvalue weighted by Gasteiger charge is 2.46. The van der Waals surface area contributed by atoms with Crippen LogP contribution in [-0.4, -0.2) is 23.2 Å². The SMILES string of the molecule is C=C1C[C@H](O)/C=C/C[C@H]2NC(=O)C3=C2C(C)(C)[C@H](CC3)CC1C. The van der Waals surface area contributed by atoms with Crippen LogP contribution in [0.1, 0.15) is 52.9 Å². The maximum absolute atomic E-state index is 12.3. The largest absolute Gasteiger partial charge is 0.389 e. The van der Waals surface area contributed by atoms with Crippen LogP contribution in [0.25, 0.3) is 0 Å². The quantitative estimate of drug-likeness (QED) is 0.672. The number of nitrogens with one attached hydrogen (secondary N) is 1. The molecule has 2 N–H and O–H groups in total. The van der Waals surface area contributed by atoms with Crippen LogP contribution < -0.4 is 5.32 Å². The van der Waals surface area contributed by atoms with Crippen LogP contribution in [0, 0.1) is 17.3 Å². The maximum atomic E-state index is 12.3. The van der Waals surface area contributed by atoms with Crippen molar-refractivity contribution in [1.29, 1.82) is 0 Å². The van der Waals surface area contributed by atoms with Crippen LogP contribution in [0.4, 0.5) is 0 Å². The maximum Gasteiger partial charge on any atom is 0.247 e. The van der Waals surface area contributed by atoms with Gasteiger partial charge in [0.05, 0.1) is 12.1 Å². The number of fused-ring (bicyclic) bond motifs is 1. The zero-order chi connectivity index (χ0) is 16.8. The average Bonchev–Trinajstić information content (AvgIpc) is 2.78. The molecule has 0 aromatic rings. The Balaban J connectivity index is 2.00. The van der Waals surface area contributed by atoms with Gasteiger partial charge in [0.1, 0.15) is 0 Å². The molecule has 4 atom stereocenters. The smallest absolute Gasteiger partial charge is 0.247 e. The first-order valence-electron chi connectivity index (χ1n) is 8.87. The Hall–Kier alpha value is -1.35. The summed E-state index contributed by atoms with van der Waals surface area (Å²) in [7, 11) is 0. The van der Waals surface area contributed by atoms with Crippen LogP contribution in [0.2, 0.25) is 0 Å². The van der Waals surface area contributed by atoms with E-state index in [0.717, 1.165) is 36.8 Å². The third-order valence-corrected chi connectivity index (χ3v) is 6.25. The predicted octanol–water partition coefficient (Wildman–Crippen LogP) is 3.51. The van der Waals surface area contributed by atoms with Crippen LogP contribution in [0.5, 0.6) is 0 Å². The molecule has 0 aromatic heterocycles. The molecule has 0 saturated heterocycles. The molecule has 0 saturated carbocycles. The summed E-state index contributed by atoms with van der Waals surface area (Å²) in [5.74, 6) is 1.08. The van der Waals surface area contributed by atoms with Crippen LogP contribution in [0.3, 0.4) is 0 Å². The van der Waals surface area contributed by atoms with E-state index in [-0.39, 0.29) is 17.4 Å². The second-order valence-electron chi connectivity index (χ2n) is 8.11. The fraction of sp³-hybridized carbons (Fsp3) is 0.650. The Morgan fingerprint density at radius 2 is 2.13 bits per heavy atom. The van der Waals surface area contributed by atoms with E-state index in [1.165, 1.54) is 5.57 Å². The van der Waals surface area contributed by atoms with Gasteiger partial charge in [0, 0.05) is 5.57 Å². The molecular formula is C20H29NO2. The van der Waals surface area contributed by atoms with Gasteiger partial charge in [-0.15, -0.1) is 0 Å². The van der Waals surface area contributed by atoms with Crippen molar-refractivity contribution in [3.05, 3.63) is 35.5 Å². The van der Waals surface area contributed by atoms with E-state index in [9.17, 15) is 9.90 Å². The van der Waals surface area contributed by atoms with Crippen molar-refractivity contribution >= 4 is 5.91 Å². The van der Waals surface area contributed by atoms with Gasteiger partial charge in [0.15, 0.2) is 0 Å². The molecule has 0 radical (unpaired) electrons. The first-order chi connectivity index (χ1) is 10.8. The highest BCUT2D eigenvalue weighted by molar-refractivity contribution is 5.98. The lowest BCUT2D eigenvalue weighted by Crippen LogP contribution is -2.37. The molecular weight excluding hydrogens is 286 g/mol. The molecule has 0 aromatic carbocycles. The minimum absolute atomic E-state index is 0.0393. The van der Waals surface area contributed by atoms with Gasteiger partial charge in [-0.05, 0) is 54.9 Å². The molecule has 126 valence electrons. The van der Waals surface area contributed by atoms with E-state index in [4.69, 9.17) is 0 Å². The predicted molar refractivity (Wildman–Crippen MR) is 92.8 cm³/mol. The lowest BCUT2D eigenvalue weighted by molar-refractivity contribution is -0.117. The molecule has 3 rings (SSSR count). The highest BCUT2D eigenvalue weighted by Crippen LogP contribution is 2.51. The lowest BCUT2D eigenvalue weighted by Gasteiger charge is -2.43. The summed E-state index contributed by atoms with van der Waals surface area (Å²) in [6.45, 7) is 11.0. The molecule has 3 heteroatoms. The zero-order valence-electron chi connectivity index (χ0n) is 14.6. The summed E-state index contributed by atoms with van der Waals surface area (Å²) in [6.07, 6.45) is 7.86. The number of aliphatic hydroxyl groups is 1. The molecule has 23 heavy (non-hydrogen) atoms. The van der Waals surface area contributed by atoms with Crippen molar-refractivity contribution in [3.63, 3.8) is 0 Å². The third kappa shape index (κ3) is 2.91. The van der Waals surface area contributed by atoms with Crippen molar-refractivity contribution in [2.75, 3.05) is 0 Å². The molecule has 1 aliphatic heterocycles. The Bertz CT molecular complexity index is 584. The molecule has 2 aliphatic carbocycles. The number of amides is 1. The Morgan fingerprint density at radius 1 is 1.39 bits per heavy atom. The average molecular weight is 315 g/mol. The number of carbonyl (C=O) groups is 1. The second kappa shape index (κ2) is 5.94. The normalized spacial score (nSPS) is 38.6. The molecule has 3 aliphatic rings. The summed E-state index contributed by atoms with van der Waals surface area (Å²) in [4.78, 5) is 12.3. The lowest BCUT2D eigenvalue weighted by atomic mass is 9.61. The van der Waals surface area contributed by atoms with E-state index in [1.807, 2.05) is 12.2 Å². The van der Waals surface area contributed by atoms with E-state index < -0.39 is 6.10 Å². The van der Waals surface area contributed by atoms with Crippen LogP contribution in [0.15, 0.2) is 35.5 Å². The van der Waals surface area contributed by atoms with Gasteiger partial charge >= 0.3 is 0 Å². The Labute approximate surface area is 139 Å². The van der Waals surface area contributed by atoms with Gasteiger partial charge in [-0.25, -0.2) is 0 Å². The van der Waals surface area contributed by atoms with E-state index in [2.05, 4.69) is 32.7 Å². The topological polar surface area (TPSA) is 49.3 Å². The van der Waals surface area contributed by atoms with Gasteiger partial charge < -0.3 is 10.4 Å². The zero-order valence-corrected chi connectivity index (χ0v) is 14.6. The Morgan fingerprint density at radius 3 is 2.87 bits per heavy atom. The molecule has 2 bridgehead atoms. The monoisotopic (exact) mass is 315 g/mol. The number of rotatable bonds is 0. The number of hydrogen-bond donors (Lipinski definition) is 2. The molecule has 0 spiro atoms. The van der Waals surface area contributed by atoms with E-state index >= 15 is 0 Å². The van der Waals surface area contributed by atoms with Crippen LogP contribution >= 0.6 is 0 Å². The van der Waals surface area contributed by atoms with E-state index in [0.29, 0.717) is 18.3 Å². The number of carbonyl (C=O) groups excluding carboxylic acids is 1. The Kier molecular flexibility index (Phi) is 4.26. The molecule has 3 nitrogen and oxygen atoms in total. The summed E-state index contributed by atoms with van der Waals surface area (Å²) >= 11 is 0. The summed E-state index contributed by atoms with van der Waals surface area (Å²) in [6, 6.07) is 0.0942. The fourth-order valence-corrected chi connectivity index (χ4v) is 4.73. The third-order valence-electron chi connectivity index (χ3n) is 6.25. The van der Waals surface area contributed by atoms with Gasteiger partial charge in [-0.1, -0.05) is 45.1 Å². The molecule has 1 unspecified atom stereocenters. The van der Waals surface area contributed by atoms with Crippen molar-refractivity contribution in [3.8, 4) is 0 Å². The summed E-state index contributed by atoms with van der Waals surface area (Å²) in [5, 5.41) is 13.3. The summed E-state index contributed by atoms with van der Waals surface area (Å²) in [5.41, 5.74) is 3.51. The van der Waals surface area contributed by atoms with Crippen molar-refractivity contribution in [2.24, 2.45) is 17.3 Å². The van der Waals surface area contributed by atoms with Gasteiger partial charge in [-0.3, -0.25) is 4.79 Å². The second-order valence-corrected chi connectivity index (χ2v) is 8.11. The van der Waals surface area contributed by atoms with Gasteiger partial charge in [0.2, 0.25) is 5.91 Å². The van der Waals surface area contributed by atoms with Crippen molar-refractivity contribution in [1.82, 2.24) is 5.32 Å². The first-order valence-corrected chi connectivity index (χ1v) is 8.87. The number of aliphatic hydroxyl groups excluding tert-OH is 1. The van der Waals surface area contributed by atoms with Crippen molar-refractivity contribution in [2.45, 2.75) is 65.0 Å². The first kappa shape index (κ1) is 16.5. The molecule has 1 amide bonds. The number of hydrogen-bond acceptors (Lipinski definition) is 2. The minimum atomic E-state index is -0.470. The standard InChI is InChI=1S/C20H29NO2/c1-12-10-14-8-9-16-18(20(14,3)4)17(21-19(16)23)7-5-6-15(22)11-13(12)2/h5-6,12,14-15,17,22H,2,7-11H2,1,3-4H3,(H,21,23)/b6-5+/t12?,14-,15-,17-/m1/s1.